The Morgan fingerprint density at radius 3 is 1.58 bits per heavy atom. The van der Waals surface area contributed by atoms with Gasteiger partial charge in [0.25, 0.3) is 0 Å². The first-order chi connectivity index (χ1) is 28.3. The zero-order valence-corrected chi connectivity index (χ0v) is 38.3. The largest absolute Gasteiger partial charge is 0.309 e. The average molecular weight is 811 g/mol. The van der Waals surface area contributed by atoms with Crippen LogP contribution in [0.2, 0.25) is 5.02 Å². The molecule has 0 radical (unpaired) electrons. The third-order valence-corrected chi connectivity index (χ3v) is 15.2. The van der Waals surface area contributed by atoms with Gasteiger partial charge in [0.05, 0.1) is 44.5 Å². The van der Waals surface area contributed by atoms with Gasteiger partial charge < -0.3 is 14.4 Å². The molecule has 0 bridgehead atoms. The quantitative estimate of drug-likeness (QED) is 0.175. The number of hydrogen-bond donors (Lipinski definition) is 0. The Hall–Kier alpha value is -4.99. The van der Waals surface area contributed by atoms with Crippen LogP contribution in [0.25, 0.3) is 27.5 Å². The van der Waals surface area contributed by atoms with Crippen LogP contribution in [0.1, 0.15) is 130 Å². The van der Waals surface area contributed by atoms with Crippen LogP contribution in [-0.4, -0.2) is 4.57 Å². The van der Waals surface area contributed by atoms with Crippen molar-refractivity contribution in [3.8, 4) is 5.69 Å². The van der Waals surface area contributed by atoms with Crippen LogP contribution >= 0.6 is 11.6 Å². The fraction of sp³-hybridized carbons (Fsp3) is 0.357. The Kier molecular flexibility index (Phi) is 8.49. The first-order valence-electron chi connectivity index (χ1n) is 22.1. The summed E-state index contributed by atoms with van der Waals surface area (Å²) in [5.74, 6) is 0. The topological polar surface area (TPSA) is 11.4 Å². The van der Waals surface area contributed by atoms with Crippen molar-refractivity contribution in [2.24, 2.45) is 0 Å². The lowest BCUT2D eigenvalue weighted by atomic mass is 9.63. The minimum absolute atomic E-state index is 0.0469. The van der Waals surface area contributed by atoms with Crippen molar-refractivity contribution < 1.29 is 0 Å². The van der Waals surface area contributed by atoms with E-state index >= 15 is 0 Å². The summed E-state index contributed by atoms with van der Waals surface area (Å²) < 4.78 is 2.45. The minimum Gasteiger partial charge on any atom is -0.309 e. The van der Waals surface area contributed by atoms with E-state index in [1.807, 2.05) is 0 Å². The smallest absolute Gasteiger partial charge is 0.0887 e. The van der Waals surface area contributed by atoms with Crippen molar-refractivity contribution >= 4 is 67.5 Å². The molecular weight excluding hydrogens is 750 g/mol. The number of halogens is 1. The SMILES string of the molecule is CC(C)(C)c1cc(N(c2ccc3c(c2)C(C)(C)CCC3(C)C)c2ccc3c(c2)C(C)(C)CCC3(C)C)c(Cl)c(N2c3ccccc3-n3c4ccccc4c4cccc2c43)c1. The molecular formula is C56H60ClN3. The van der Waals surface area contributed by atoms with E-state index in [4.69, 9.17) is 11.6 Å². The predicted octanol–water partition coefficient (Wildman–Crippen LogP) is 16.7. The minimum atomic E-state index is -0.167. The van der Waals surface area contributed by atoms with Crippen molar-refractivity contribution in [2.75, 3.05) is 9.80 Å². The van der Waals surface area contributed by atoms with Gasteiger partial charge in [0, 0.05) is 22.1 Å². The highest BCUT2D eigenvalue weighted by Gasteiger charge is 2.40. The number of aromatic nitrogens is 1. The van der Waals surface area contributed by atoms with E-state index in [0.29, 0.717) is 0 Å². The van der Waals surface area contributed by atoms with E-state index in [0.717, 1.165) is 57.7 Å². The maximum Gasteiger partial charge on any atom is 0.0887 e. The van der Waals surface area contributed by atoms with Gasteiger partial charge in [-0.1, -0.05) is 142 Å². The van der Waals surface area contributed by atoms with Gasteiger partial charge in [0.2, 0.25) is 0 Å². The van der Waals surface area contributed by atoms with Gasteiger partial charge in [0.1, 0.15) is 0 Å². The maximum atomic E-state index is 8.17. The Balaban J connectivity index is 1.28. The Bertz CT molecular complexity index is 2820. The van der Waals surface area contributed by atoms with Crippen molar-refractivity contribution in [1.82, 2.24) is 4.57 Å². The molecule has 0 amide bonds. The summed E-state index contributed by atoms with van der Waals surface area (Å²) in [5, 5.41) is 3.23. The van der Waals surface area contributed by atoms with Crippen LogP contribution in [0.4, 0.5) is 34.1 Å². The molecule has 0 unspecified atom stereocenters. The third-order valence-electron chi connectivity index (χ3n) is 14.8. The molecule has 1 aliphatic heterocycles. The van der Waals surface area contributed by atoms with Crippen LogP contribution in [0.15, 0.2) is 115 Å². The molecule has 2 heterocycles. The molecule has 306 valence electrons. The Morgan fingerprint density at radius 2 is 1.00 bits per heavy atom. The van der Waals surface area contributed by atoms with E-state index in [-0.39, 0.29) is 27.1 Å². The van der Waals surface area contributed by atoms with Crippen molar-refractivity contribution in [3.63, 3.8) is 0 Å². The van der Waals surface area contributed by atoms with Gasteiger partial charge in [-0.25, -0.2) is 0 Å². The maximum absolute atomic E-state index is 8.17. The zero-order valence-electron chi connectivity index (χ0n) is 37.5. The molecule has 60 heavy (non-hydrogen) atoms. The molecule has 0 saturated heterocycles. The highest BCUT2D eigenvalue weighted by Crippen LogP contribution is 2.56. The summed E-state index contributed by atoms with van der Waals surface area (Å²) in [5.41, 5.74) is 17.2. The first-order valence-corrected chi connectivity index (χ1v) is 22.5. The zero-order chi connectivity index (χ0) is 42.3. The fourth-order valence-corrected chi connectivity index (χ4v) is 11.2. The molecule has 1 aromatic heterocycles. The lowest BCUT2D eigenvalue weighted by molar-refractivity contribution is 0.332. The summed E-state index contributed by atoms with van der Waals surface area (Å²) in [6.07, 6.45) is 4.66. The van der Waals surface area contributed by atoms with E-state index in [1.54, 1.807) is 0 Å². The van der Waals surface area contributed by atoms with Gasteiger partial charge in [-0.2, -0.15) is 0 Å². The van der Waals surface area contributed by atoms with Gasteiger partial charge >= 0.3 is 0 Å². The number of fused-ring (bicyclic) bond motifs is 7. The highest BCUT2D eigenvalue weighted by molar-refractivity contribution is 6.37. The first kappa shape index (κ1) is 39.2. The fourth-order valence-electron chi connectivity index (χ4n) is 10.9. The van der Waals surface area contributed by atoms with Gasteiger partial charge in [-0.3, -0.25) is 0 Å². The van der Waals surface area contributed by atoms with Crippen molar-refractivity contribution in [1.29, 1.82) is 0 Å². The van der Waals surface area contributed by atoms with E-state index in [2.05, 4.69) is 206 Å². The number of anilines is 6. The predicted molar refractivity (Wildman–Crippen MR) is 258 cm³/mol. The summed E-state index contributed by atoms with van der Waals surface area (Å²) in [4.78, 5) is 4.93. The molecule has 7 aromatic rings. The lowest BCUT2D eigenvalue weighted by Gasteiger charge is -2.43. The van der Waals surface area contributed by atoms with E-state index in [1.165, 1.54) is 62.5 Å². The van der Waals surface area contributed by atoms with Crippen LogP contribution in [0.5, 0.6) is 0 Å². The number of hydrogen-bond acceptors (Lipinski definition) is 2. The van der Waals surface area contributed by atoms with Crippen LogP contribution < -0.4 is 9.80 Å². The second-order valence-corrected chi connectivity index (χ2v) is 22.1. The molecule has 3 nitrogen and oxygen atoms in total. The number of nitrogens with zero attached hydrogens (tertiary/aromatic N) is 3. The van der Waals surface area contributed by atoms with Gasteiger partial charge in [0.15, 0.2) is 0 Å². The summed E-state index contributed by atoms with van der Waals surface area (Å²) in [6.45, 7) is 26.3. The lowest BCUT2D eigenvalue weighted by Crippen LogP contribution is -2.34. The molecule has 0 N–H and O–H groups in total. The second-order valence-electron chi connectivity index (χ2n) is 21.8. The normalized spacial score (nSPS) is 18.2. The third kappa shape index (κ3) is 5.82. The van der Waals surface area contributed by atoms with E-state index in [9.17, 15) is 0 Å². The molecule has 0 spiro atoms. The summed E-state index contributed by atoms with van der Waals surface area (Å²) in [7, 11) is 0. The standard InChI is InChI=1S/C56H60ClN3/c1-52(2,3)35-31-48(50(57)49(32-35)59-45-20-14-15-21-46(45)60-44-19-13-12-17-38(44)39-18-16-22-47(59)51(39)60)58(36-23-25-40-42(33-36)55(8,9)29-27-53(40,4)5)37-24-26-41-43(34-37)56(10,11)30-28-54(41,6)7/h12-26,31-34H,27-30H2,1-11H3. The Labute approximate surface area is 363 Å². The molecule has 0 atom stereocenters. The molecule has 6 aromatic carbocycles. The summed E-state index contributed by atoms with van der Waals surface area (Å²) in [6, 6.07) is 43.7. The van der Waals surface area contributed by atoms with Gasteiger partial charge in [-0.05, 0) is 141 Å². The monoisotopic (exact) mass is 809 g/mol. The molecule has 0 fully saturated rings. The van der Waals surface area contributed by atoms with Crippen molar-refractivity contribution in [2.45, 2.75) is 129 Å². The molecule has 3 aliphatic rings. The number of para-hydroxylation sites is 4. The van der Waals surface area contributed by atoms with Crippen molar-refractivity contribution in [3.05, 3.63) is 148 Å². The van der Waals surface area contributed by atoms with Crippen LogP contribution in [0.3, 0.4) is 0 Å². The molecule has 0 saturated carbocycles. The Morgan fingerprint density at radius 1 is 0.500 bits per heavy atom. The molecule has 2 aliphatic carbocycles. The van der Waals surface area contributed by atoms with Crippen LogP contribution in [0, 0.1) is 0 Å². The molecule has 10 rings (SSSR count). The number of rotatable bonds is 4. The van der Waals surface area contributed by atoms with Gasteiger partial charge in [-0.15, -0.1) is 0 Å². The highest BCUT2D eigenvalue weighted by atomic mass is 35.5. The molecule has 4 heteroatoms. The second kappa shape index (κ2) is 13.0. The summed E-state index contributed by atoms with van der Waals surface area (Å²) >= 11 is 8.17. The number of benzene rings is 6. The van der Waals surface area contributed by atoms with E-state index < -0.39 is 0 Å². The van der Waals surface area contributed by atoms with Crippen LogP contribution in [-0.2, 0) is 27.1 Å². The average Bonchev–Trinajstić information content (AvgIpc) is 3.55.